The predicted octanol–water partition coefficient (Wildman–Crippen LogP) is 1.67. The molecule has 0 aromatic carbocycles. The number of esters is 2. The predicted molar refractivity (Wildman–Crippen MR) is 68.3 cm³/mol. The van der Waals surface area contributed by atoms with Gasteiger partial charge in [0.05, 0.1) is 20.8 Å². The van der Waals surface area contributed by atoms with Crippen molar-refractivity contribution in [3.8, 4) is 0 Å². The van der Waals surface area contributed by atoms with E-state index in [1.54, 1.807) is 18.3 Å². The lowest BCUT2D eigenvalue weighted by Gasteiger charge is -2.10. The van der Waals surface area contributed by atoms with Crippen LogP contribution in [0.5, 0.6) is 0 Å². The van der Waals surface area contributed by atoms with Gasteiger partial charge in [-0.25, -0.2) is 9.59 Å². The van der Waals surface area contributed by atoms with Crippen LogP contribution in [0.25, 0.3) is 5.70 Å². The molecular formula is C13H17NO5. The summed E-state index contributed by atoms with van der Waals surface area (Å²) in [7, 11) is 2.66. The number of ether oxygens (including phenoxy) is 3. The SMILES string of the molecule is CCCOC(=O)c1cccn1/C(=C\OC)C(=O)OC. The monoisotopic (exact) mass is 267 g/mol. The molecule has 1 aromatic heterocycles. The molecule has 0 amide bonds. The van der Waals surface area contributed by atoms with Crippen molar-refractivity contribution in [2.75, 3.05) is 20.8 Å². The van der Waals surface area contributed by atoms with E-state index >= 15 is 0 Å². The molecule has 0 bridgehead atoms. The number of methoxy groups -OCH3 is 2. The molecule has 1 rings (SSSR count). The van der Waals surface area contributed by atoms with E-state index < -0.39 is 11.9 Å². The zero-order valence-corrected chi connectivity index (χ0v) is 11.2. The summed E-state index contributed by atoms with van der Waals surface area (Å²) < 4.78 is 15.9. The molecule has 104 valence electrons. The summed E-state index contributed by atoms with van der Waals surface area (Å²) in [5.74, 6) is -1.11. The highest BCUT2D eigenvalue weighted by molar-refractivity contribution is 6.11. The summed E-state index contributed by atoms with van der Waals surface area (Å²) in [6.07, 6.45) is 3.50. The molecule has 0 radical (unpaired) electrons. The molecule has 19 heavy (non-hydrogen) atoms. The van der Waals surface area contributed by atoms with Crippen LogP contribution in [0, 0.1) is 0 Å². The molecule has 0 fully saturated rings. The van der Waals surface area contributed by atoms with Gasteiger partial charge in [0.2, 0.25) is 0 Å². The molecule has 0 N–H and O–H groups in total. The Morgan fingerprint density at radius 1 is 1.37 bits per heavy atom. The second kappa shape index (κ2) is 7.25. The first kappa shape index (κ1) is 14.8. The van der Waals surface area contributed by atoms with Crippen molar-refractivity contribution in [3.63, 3.8) is 0 Å². The van der Waals surface area contributed by atoms with Gasteiger partial charge in [0, 0.05) is 6.20 Å². The Morgan fingerprint density at radius 2 is 2.11 bits per heavy atom. The van der Waals surface area contributed by atoms with Gasteiger partial charge in [-0.15, -0.1) is 0 Å². The van der Waals surface area contributed by atoms with Crippen LogP contribution in [0.4, 0.5) is 0 Å². The number of nitrogens with zero attached hydrogens (tertiary/aromatic N) is 1. The van der Waals surface area contributed by atoms with Crippen LogP contribution in [-0.2, 0) is 19.0 Å². The second-order valence-corrected chi connectivity index (χ2v) is 3.63. The summed E-state index contributed by atoms with van der Waals surface area (Å²) in [4.78, 5) is 23.5. The van der Waals surface area contributed by atoms with Crippen LogP contribution in [0.15, 0.2) is 24.6 Å². The van der Waals surface area contributed by atoms with Crippen molar-refractivity contribution in [2.24, 2.45) is 0 Å². The summed E-state index contributed by atoms with van der Waals surface area (Å²) in [5.41, 5.74) is 0.334. The van der Waals surface area contributed by atoms with Crippen LogP contribution in [0.1, 0.15) is 23.8 Å². The van der Waals surface area contributed by atoms with Crippen molar-refractivity contribution in [1.82, 2.24) is 4.57 Å². The maximum absolute atomic E-state index is 11.8. The van der Waals surface area contributed by atoms with Gasteiger partial charge in [0.25, 0.3) is 0 Å². The van der Waals surface area contributed by atoms with Crippen molar-refractivity contribution in [1.29, 1.82) is 0 Å². The van der Waals surface area contributed by atoms with Crippen molar-refractivity contribution >= 4 is 17.6 Å². The number of hydrogen-bond donors (Lipinski definition) is 0. The summed E-state index contributed by atoms with van der Waals surface area (Å²) in [6.45, 7) is 2.22. The van der Waals surface area contributed by atoms with E-state index in [0.29, 0.717) is 6.61 Å². The molecule has 0 aliphatic heterocycles. The Labute approximate surface area is 111 Å². The van der Waals surface area contributed by atoms with Crippen LogP contribution < -0.4 is 0 Å². The van der Waals surface area contributed by atoms with Crippen molar-refractivity contribution in [3.05, 3.63) is 30.3 Å². The maximum Gasteiger partial charge on any atom is 0.358 e. The fraction of sp³-hybridized carbons (Fsp3) is 0.385. The Morgan fingerprint density at radius 3 is 2.68 bits per heavy atom. The molecule has 0 atom stereocenters. The van der Waals surface area contributed by atoms with E-state index in [9.17, 15) is 9.59 Å². The molecule has 0 saturated carbocycles. The molecule has 6 nitrogen and oxygen atoms in total. The van der Waals surface area contributed by atoms with E-state index in [0.717, 1.165) is 6.42 Å². The highest BCUT2D eigenvalue weighted by Gasteiger charge is 2.20. The van der Waals surface area contributed by atoms with Crippen LogP contribution in [-0.4, -0.2) is 37.3 Å². The van der Waals surface area contributed by atoms with Gasteiger partial charge in [0.1, 0.15) is 12.0 Å². The Balaban J connectivity index is 3.06. The molecule has 0 unspecified atom stereocenters. The van der Waals surface area contributed by atoms with Crippen LogP contribution >= 0.6 is 0 Å². The van der Waals surface area contributed by atoms with Crippen molar-refractivity contribution in [2.45, 2.75) is 13.3 Å². The Kier molecular flexibility index (Phi) is 5.66. The van der Waals surface area contributed by atoms with E-state index in [2.05, 4.69) is 4.74 Å². The van der Waals surface area contributed by atoms with Gasteiger partial charge in [0.15, 0.2) is 5.70 Å². The zero-order valence-electron chi connectivity index (χ0n) is 11.2. The quantitative estimate of drug-likeness (QED) is 0.445. The normalized spacial score (nSPS) is 11.0. The smallest absolute Gasteiger partial charge is 0.358 e. The summed E-state index contributed by atoms with van der Waals surface area (Å²) in [5, 5.41) is 0. The Hall–Kier alpha value is -2.24. The van der Waals surface area contributed by atoms with Gasteiger partial charge in [-0.2, -0.15) is 0 Å². The number of carbonyl (C=O) groups excluding carboxylic acids is 2. The standard InChI is InChI=1S/C13H17NO5/c1-4-8-19-13(16)10-6-5-7-14(10)11(9-17-2)12(15)18-3/h5-7,9H,4,8H2,1-3H3/b11-9-. The average Bonchev–Trinajstić information content (AvgIpc) is 2.90. The minimum Gasteiger partial charge on any atom is -0.502 e. The summed E-state index contributed by atoms with van der Waals surface area (Å²) >= 11 is 0. The first-order valence-corrected chi connectivity index (χ1v) is 5.81. The molecule has 0 spiro atoms. The molecule has 0 aliphatic rings. The molecule has 6 heteroatoms. The lowest BCUT2D eigenvalue weighted by Crippen LogP contribution is -2.17. The Bertz CT molecular complexity index is 475. The largest absolute Gasteiger partial charge is 0.502 e. The van der Waals surface area contributed by atoms with Gasteiger partial charge in [-0.3, -0.25) is 0 Å². The van der Waals surface area contributed by atoms with Gasteiger partial charge >= 0.3 is 11.9 Å². The fourth-order valence-electron chi connectivity index (χ4n) is 1.45. The van der Waals surface area contributed by atoms with Gasteiger partial charge in [-0.05, 0) is 18.6 Å². The van der Waals surface area contributed by atoms with E-state index in [1.165, 1.54) is 25.0 Å². The number of carbonyl (C=O) groups is 2. The highest BCUT2D eigenvalue weighted by Crippen LogP contribution is 2.14. The molecule has 1 aromatic rings. The van der Waals surface area contributed by atoms with Gasteiger partial charge < -0.3 is 18.8 Å². The van der Waals surface area contributed by atoms with E-state index in [1.807, 2.05) is 6.92 Å². The maximum atomic E-state index is 11.8. The highest BCUT2D eigenvalue weighted by atomic mass is 16.5. The third-order valence-electron chi connectivity index (χ3n) is 2.28. The van der Waals surface area contributed by atoms with Crippen LogP contribution in [0.3, 0.4) is 0 Å². The van der Waals surface area contributed by atoms with E-state index in [4.69, 9.17) is 9.47 Å². The minimum absolute atomic E-state index is 0.0958. The minimum atomic E-state index is -0.609. The average molecular weight is 267 g/mol. The third-order valence-corrected chi connectivity index (χ3v) is 2.28. The third kappa shape index (κ3) is 3.61. The first-order chi connectivity index (χ1) is 9.15. The number of rotatable bonds is 6. The van der Waals surface area contributed by atoms with Crippen molar-refractivity contribution < 1.29 is 23.8 Å². The molecule has 0 saturated heterocycles. The molecular weight excluding hydrogens is 250 g/mol. The van der Waals surface area contributed by atoms with Gasteiger partial charge in [-0.1, -0.05) is 6.92 Å². The first-order valence-electron chi connectivity index (χ1n) is 5.81. The second-order valence-electron chi connectivity index (χ2n) is 3.63. The lowest BCUT2D eigenvalue weighted by atomic mass is 10.4. The molecule has 1 heterocycles. The lowest BCUT2D eigenvalue weighted by molar-refractivity contribution is -0.134. The zero-order chi connectivity index (χ0) is 14.3. The summed E-state index contributed by atoms with van der Waals surface area (Å²) in [6, 6.07) is 3.19. The fourth-order valence-corrected chi connectivity index (χ4v) is 1.45. The molecule has 0 aliphatic carbocycles. The number of aromatic nitrogens is 1. The topological polar surface area (TPSA) is 66.8 Å². The number of hydrogen-bond acceptors (Lipinski definition) is 5. The van der Waals surface area contributed by atoms with E-state index in [-0.39, 0.29) is 11.4 Å². The van der Waals surface area contributed by atoms with Crippen LogP contribution in [0.2, 0.25) is 0 Å².